The number of hydrogen-bond acceptors (Lipinski definition) is 1. The smallest absolute Gasteiger partial charge is 0.404 e. The Labute approximate surface area is 90.3 Å². The van der Waals surface area contributed by atoms with Crippen molar-refractivity contribution in [2.75, 3.05) is 0 Å². The molecule has 0 saturated carbocycles. The maximum atomic E-state index is 10.5. The minimum absolute atomic E-state index is 0.0387. The minimum Gasteiger partial charge on any atom is -0.465 e. The molecule has 0 fully saturated rings. The number of rotatable bonds is 1. The van der Waals surface area contributed by atoms with Crippen molar-refractivity contribution in [2.45, 2.75) is 18.9 Å². The molecule has 3 nitrogen and oxygen atoms in total. The van der Waals surface area contributed by atoms with Gasteiger partial charge >= 0.3 is 6.09 Å². The van der Waals surface area contributed by atoms with Crippen LogP contribution in [0.5, 0.6) is 0 Å². The van der Waals surface area contributed by atoms with Crippen molar-refractivity contribution >= 4 is 22.0 Å². The van der Waals surface area contributed by atoms with E-state index in [2.05, 4.69) is 27.3 Å². The van der Waals surface area contributed by atoms with Gasteiger partial charge in [0.1, 0.15) is 0 Å². The zero-order valence-corrected chi connectivity index (χ0v) is 9.04. The first-order valence-electron chi connectivity index (χ1n) is 4.42. The lowest BCUT2D eigenvalue weighted by atomic mass is 10.1. The van der Waals surface area contributed by atoms with Crippen molar-refractivity contribution < 1.29 is 9.90 Å². The van der Waals surface area contributed by atoms with Crippen LogP contribution in [0.4, 0.5) is 4.79 Å². The summed E-state index contributed by atoms with van der Waals surface area (Å²) in [6.45, 7) is 0. The molecule has 74 valence electrons. The van der Waals surface area contributed by atoms with Gasteiger partial charge in [0.15, 0.2) is 0 Å². The maximum absolute atomic E-state index is 10.5. The Morgan fingerprint density at radius 2 is 2.14 bits per heavy atom. The molecule has 1 aromatic rings. The van der Waals surface area contributed by atoms with Crippen molar-refractivity contribution in [1.82, 2.24) is 5.32 Å². The average molecular weight is 256 g/mol. The molecule has 2 N–H and O–H groups in total. The lowest BCUT2D eigenvalue weighted by molar-refractivity contribution is 0.190. The molecule has 0 spiro atoms. The molecule has 0 heterocycles. The van der Waals surface area contributed by atoms with E-state index in [-0.39, 0.29) is 6.04 Å². The van der Waals surface area contributed by atoms with Gasteiger partial charge in [0.05, 0.1) is 0 Å². The highest BCUT2D eigenvalue weighted by Crippen LogP contribution is 2.25. The van der Waals surface area contributed by atoms with Crippen LogP contribution < -0.4 is 5.32 Å². The van der Waals surface area contributed by atoms with Gasteiger partial charge in [-0.05, 0) is 36.1 Å². The highest BCUT2D eigenvalue weighted by atomic mass is 79.9. The second-order valence-corrected chi connectivity index (χ2v) is 4.38. The summed E-state index contributed by atoms with van der Waals surface area (Å²) >= 11 is 3.40. The van der Waals surface area contributed by atoms with Crippen molar-refractivity contribution in [3.63, 3.8) is 0 Å². The molecular weight excluding hydrogens is 246 g/mol. The maximum Gasteiger partial charge on any atom is 0.404 e. The summed E-state index contributed by atoms with van der Waals surface area (Å²) in [6.07, 6.45) is 0.651. The summed E-state index contributed by atoms with van der Waals surface area (Å²) in [5, 5.41) is 11.1. The molecule has 0 radical (unpaired) electrons. The first-order chi connectivity index (χ1) is 6.65. The Morgan fingerprint density at radius 3 is 2.86 bits per heavy atom. The third-order valence-electron chi connectivity index (χ3n) is 2.43. The van der Waals surface area contributed by atoms with E-state index in [0.29, 0.717) is 0 Å². The topological polar surface area (TPSA) is 49.3 Å². The van der Waals surface area contributed by atoms with E-state index < -0.39 is 6.09 Å². The predicted octanol–water partition coefficient (Wildman–Crippen LogP) is 2.18. The lowest BCUT2D eigenvalue weighted by Crippen LogP contribution is -2.33. The number of carbonyl (C=O) groups is 1. The summed E-state index contributed by atoms with van der Waals surface area (Å²) in [6, 6.07) is 6.13. The number of nitrogens with one attached hydrogen (secondary N) is 1. The molecule has 14 heavy (non-hydrogen) atoms. The fourth-order valence-electron chi connectivity index (χ4n) is 1.86. The zero-order valence-electron chi connectivity index (χ0n) is 7.46. The van der Waals surface area contributed by atoms with Crippen LogP contribution in [-0.4, -0.2) is 17.2 Å². The number of fused-ring (bicyclic) bond motifs is 1. The average Bonchev–Trinajstić information content (AvgIpc) is 2.44. The monoisotopic (exact) mass is 255 g/mol. The lowest BCUT2D eigenvalue weighted by Gasteiger charge is -2.07. The van der Waals surface area contributed by atoms with E-state index in [1.165, 1.54) is 11.1 Å². The quantitative estimate of drug-likeness (QED) is 0.809. The SMILES string of the molecule is O=C(O)N[C@H]1Cc2ccc(Br)cc2C1. The van der Waals surface area contributed by atoms with Crippen LogP contribution in [0.1, 0.15) is 11.1 Å². The van der Waals surface area contributed by atoms with Crippen LogP contribution >= 0.6 is 15.9 Å². The van der Waals surface area contributed by atoms with Gasteiger partial charge in [-0.1, -0.05) is 22.0 Å². The summed E-state index contributed by atoms with van der Waals surface area (Å²) in [5.74, 6) is 0. The van der Waals surface area contributed by atoms with Gasteiger partial charge in [-0.2, -0.15) is 0 Å². The molecule has 0 bridgehead atoms. The first-order valence-corrected chi connectivity index (χ1v) is 5.21. The number of amides is 1. The van der Waals surface area contributed by atoms with E-state index in [1.807, 2.05) is 12.1 Å². The number of carboxylic acid groups (broad SMARTS) is 1. The summed E-state index contributed by atoms with van der Waals surface area (Å²) in [7, 11) is 0. The van der Waals surface area contributed by atoms with Crippen molar-refractivity contribution in [2.24, 2.45) is 0 Å². The zero-order chi connectivity index (χ0) is 10.1. The van der Waals surface area contributed by atoms with Crippen LogP contribution in [0.15, 0.2) is 22.7 Å². The molecule has 0 aliphatic heterocycles. The molecule has 4 heteroatoms. The van der Waals surface area contributed by atoms with Gasteiger partial charge < -0.3 is 10.4 Å². The van der Waals surface area contributed by atoms with E-state index in [9.17, 15) is 4.79 Å². The van der Waals surface area contributed by atoms with Gasteiger partial charge in [0.25, 0.3) is 0 Å². The molecule has 0 saturated heterocycles. The molecule has 1 aromatic carbocycles. The van der Waals surface area contributed by atoms with Gasteiger partial charge in [-0.15, -0.1) is 0 Å². The Kier molecular flexibility index (Phi) is 2.46. The third-order valence-corrected chi connectivity index (χ3v) is 2.92. The summed E-state index contributed by atoms with van der Waals surface area (Å²) < 4.78 is 1.05. The second kappa shape index (κ2) is 3.61. The van der Waals surface area contributed by atoms with Crippen molar-refractivity contribution in [3.05, 3.63) is 33.8 Å². The molecule has 0 unspecified atom stereocenters. The fourth-order valence-corrected chi connectivity index (χ4v) is 2.27. The molecular formula is C10H10BrNO2. The van der Waals surface area contributed by atoms with Crippen LogP contribution in [-0.2, 0) is 12.8 Å². The predicted molar refractivity (Wildman–Crippen MR) is 56.5 cm³/mol. The number of benzene rings is 1. The highest BCUT2D eigenvalue weighted by Gasteiger charge is 2.22. The number of halogens is 1. The minimum atomic E-state index is -0.943. The number of hydrogen-bond donors (Lipinski definition) is 2. The van der Waals surface area contributed by atoms with E-state index in [0.717, 1.165) is 17.3 Å². The molecule has 0 aromatic heterocycles. The van der Waals surface area contributed by atoms with E-state index in [1.54, 1.807) is 0 Å². The van der Waals surface area contributed by atoms with Crippen LogP contribution in [0.25, 0.3) is 0 Å². The Hall–Kier alpha value is -1.03. The first kappa shape index (κ1) is 9.52. The van der Waals surface area contributed by atoms with E-state index in [4.69, 9.17) is 5.11 Å². The normalized spacial score (nSPS) is 19.1. The van der Waals surface area contributed by atoms with E-state index >= 15 is 0 Å². The van der Waals surface area contributed by atoms with Gasteiger partial charge in [0, 0.05) is 10.5 Å². The molecule has 1 amide bonds. The van der Waals surface area contributed by atoms with Gasteiger partial charge in [-0.25, -0.2) is 4.79 Å². The highest BCUT2D eigenvalue weighted by molar-refractivity contribution is 9.10. The largest absolute Gasteiger partial charge is 0.465 e. The molecule has 2 rings (SSSR count). The van der Waals surface area contributed by atoms with Crippen molar-refractivity contribution in [1.29, 1.82) is 0 Å². The van der Waals surface area contributed by atoms with Crippen LogP contribution in [0, 0.1) is 0 Å². The Bertz CT molecular complexity index is 378. The molecule has 1 aliphatic carbocycles. The molecule has 1 aliphatic rings. The standard InChI is InChI=1S/C10H10BrNO2/c11-8-2-1-6-4-9(12-10(13)14)5-7(6)3-8/h1-3,9,12H,4-5H2,(H,13,14)/t9-/m0/s1. The molecule has 1 atom stereocenters. The van der Waals surface area contributed by atoms with Crippen molar-refractivity contribution in [3.8, 4) is 0 Å². The summed E-state index contributed by atoms with van der Waals surface area (Å²) in [5.41, 5.74) is 2.48. The Morgan fingerprint density at radius 1 is 1.43 bits per heavy atom. The van der Waals surface area contributed by atoms with Crippen LogP contribution in [0.2, 0.25) is 0 Å². The van der Waals surface area contributed by atoms with Crippen LogP contribution in [0.3, 0.4) is 0 Å². The second-order valence-electron chi connectivity index (χ2n) is 3.47. The van der Waals surface area contributed by atoms with Gasteiger partial charge in [0.2, 0.25) is 0 Å². The fraction of sp³-hybridized carbons (Fsp3) is 0.300. The Balaban J connectivity index is 2.14. The summed E-state index contributed by atoms with van der Waals surface area (Å²) in [4.78, 5) is 10.5. The van der Waals surface area contributed by atoms with Gasteiger partial charge in [-0.3, -0.25) is 0 Å². The third kappa shape index (κ3) is 1.90.